The molecule has 0 aliphatic heterocycles. The van der Waals surface area contributed by atoms with Crippen LogP contribution in [0.15, 0.2) is 206 Å². The van der Waals surface area contributed by atoms with Crippen LogP contribution in [0, 0.1) is 0 Å². The van der Waals surface area contributed by atoms with Crippen LogP contribution in [0.4, 0.5) is 0 Å². The largest absolute Gasteiger partial charge is 0.309 e. The van der Waals surface area contributed by atoms with Crippen LogP contribution in [-0.4, -0.2) is 9.13 Å². The lowest BCUT2D eigenvalue weighted by atomic mass is 9.99. The molecule has 2 nitrogen and oxygen atoms in total. The van der Waals surface area contributed by atoms with Gasteiger partial charge in [0.2, 0.25) is 0 Å². The van der Waals surface area contributed by atoms with Crippen LogP contribution in [0.5, 0.6) is 0 Å². The van der Waals surface area contributed by atoms with Crippen LogP contribution < -0.4 is 0 Å². The van der Waals surface area contributed by atoms with Gasteiger partial charge in [-0.3, -0.25) is 0 Å². The fourth-order valence-corrected chi connectivity index (χ4v) is 9.63. The summed E-state index contributed by atoms with van der Waals surface area (Å²) in [5.74, 6) is 0. The lowest BCUT2D eigenvalue weighted by molar-refractivity contribution is 1.18. The number of aromatic nitrogens is 2. The molecule has 0 bridgehead atoms. The fourth-order valence-electron chi connectivity index (χ4n) is 8.55. The quantitative estimate of drug-likeness (QED) is 0.166. The fraction of sp³-hybridized carbons (Fsp3) is 0. The van der Waals surface area contributed by atoms with Crippen LogP contribution in [0.2, 0.25) is 0 Å². The minimum Gasteiger partial charge on any atom is -0.309 e. The maximum Gasteiger partial charge on any atom is 0.0645 e. The molecule has 9 aromatic carbocycles. The van der Waals surface area contributed by atoms with Gasteiger partial charge < -0.3 is 9.13 Å². The summed E-state index contributed by atoms with van der Waals surface area (Å²) < 4.78 is 71.4. The van der Waals surface area contributed by atoms with Gasteiger partial charge in [-0.05, 0) is 94.5 Å². The third-order valence-corrected chi connectivity index (χ3v) is 12.3. The highest BCUT2D eigenvalue weighted by Gasteiger charge is 2.19. The number of hydrogen-bond acceptors (Lipinski definition) is 1. The van der Waals surface area contributed by atoms with Gasteiger partial charge in [0.25, 0.3) is 0 Å². The van der Waals surface area contributed by atoms with E-state index in [2.05, 4.69) is 71.3 Å². The van der Waals surface area contributed by atoms with Gasteiger partial charge in [0, 0.05) is 53.0 Å². The zero-order valence-corrected chi connectivity index (χ0v) is 31.2. The molecule has 0 aliphatic rings. The molecule has 12 aromatic rings. The zero-order chi connectivity index (χ0) is 43.5. The van der Waals surface area contributed by atoms with Crippen LogP contribution >= 0.6 is 11.3 Å². The molecule has 0 atom stereocenters. The van der Waals surface area contributed by atoms with Crippen molar-refractivity contribution in [1.29, 1.82) is 0 Å². The van der Waals surface area contributed by atoms with Crippen LogP contribution in [0.1, 0.15) is 9.60 Å². The Hall–Kier alpha value is -7.20. The standard InChI is InChI=1S/C54H34N2S/c1-3-13-35(14-4-1)39-23-27-43-46-32-38(25-29-51(46)56(52(43)33-39)48-20-10-7-17-41(48)36-15-5-2-6-16-36)37-24-28-50-45(31-37)42-18-8-11-21-49(42)55(50)40-26-30-54-47(34-40)44-19-9-12-22-53(44)57-54/h1-34H/i8D,11D,18D,21D,24D,28D,31D. The summed E-state index contributed by atoms with van der Waals surface area (Å²) in [6, 6.07) is 53.5. The molecule has 0 saturated carbocycles. The second kappa shape index (κ2) is 12.7. The second-order valence-electron chi connectivity index (χ2n) is 14.4. The van der Waals surface area contributed by atoms with Crippen LogP contribution in [-0.2, 0) is 0 Å². The summed E-state index contributed by atoms with van der Waals surface area (Å²) in [6.45, 7) is 0. The van der Waals surface area contributed by atoms with E-state index in [1.165, 1.54) is 0 Å². The van der Waals surface area contributed by atoms with E-state index in [4.69, 9.17) is 2.74 Å². The van der Waals surface area contributed by atoms with Crippen LogP contribution in [0.25, 0.3) is 109 Å². The number of rotatable bonds is 5. The Morgan fingerprint density at radius 3 is 1.98 bits per heavy atom. The van der Waals surface area contributed by atoms with E-state index in [0.29, 0.717) is 11.3 Å². The highest BCUT2D eigenvalue weighted by molar-refractivity contribution is 7.25. The van der Waals surface area contributed by atoms with Crippen molar-refractivity contribution in [2.75, 3.05) is 0 Å². The molecule has 3 aromatic heterocycles. The maximum atomic E-state index is 9.96. The molecule has 3 heteroatoms. The van der Waals surface area contributed by atoms with Gasteiger partial charge in [-0.2, -0.15) is 0 Å². The first-order chi connectivity index (χ1) is 31.2. The number of para-hydroxylation sites is 2. The molecule has 0 N–H and O–H groups in total. The van der Waals surface area contributed by atoms with Crippen molar-refractivity contribution < 1.29 is 9.60 Å². The van der Waals surface area contributed by atoms with E-state index in [-0.39, 0.29) is 57.6 Å². The summed E-state index contributed by atoms with van der Waals surface area (Å²) in [6.07, 6.45) is 0. The van der Waals surface area contributed by atoms with Gasteiger partial charge >= 0.3 is 0 Å². The van der Waals surface area contributed by atoms with Gasteiger partial charge in [0.1, 0.15) is 0 Å². The lowest BCUT2D eigenvalue weighted by Gasteiger charge is -2.14. The topological polar surface area (TPSA) is 9.86 Å². The summed E-state index contributed by atoms with van der Waals surface area (Å²) in [4.78, 5) is 0. The Morgan fingerprint density at radius 2 is 1.09 bits per heavy atom. The maximum absolute atomic E-state index is 9.96. The molecule has 57 heavy (non-hydrogen) atoms. The molecule has 0 unspecified atom stereocenters. The Labute approximate surface area is 343 Å². The van der Waals surface area contributed by atoms with Crippen molar-refractivity contribution in [3.05, 3.63) is 206 Å². The molecule has 266 valence electrons. The minimum absolute atomic E-state index is 0.0734. The number of benzene rings is 9. The summed E-state index contributed by atoms with van der Waals surface area (Å²) in [7, 11) is 0. The van der Waals surface area contributed by atoms with E-state index < -0.39 is 12.1 Å². The Morgan fingerprint density at radius 1 is 0.368 bits per heavy atom. The van der Waals surface area contributed by atoms with Crippen molar-refractivity contribution in [2.45, 2.75) is 0 Å². The zero-order valence-electron chi connectivity index (χ0n) is 37.4. The third kappa shape index (κ3) is 5.03. The van der Waals surface area contributed by atoms with E-state index in [1.807, 2.05) is 97.1 Å². The lowest BCUT2D eigenvalue weighted by Crippen LogP contribution is -1.97. The van der Waals surface area contributed by atoms with Gasteiger partial charge in [0.15, 0.2) is 0 Å². The van der Waals surface area contributed by atoms with E-state index in [1.54, 1.807) is 15.9 Å². The molecular weight excluding hydrogens is 709 g/mol. The smallest absolute Gasteiger partial charge is 0.0645 e. The number of nitrogens with zero attached hydrogens (tertiary/aromatic N) is 2. The minimum atomic E-state index is -0.418. The van der Waals surface area contributed by atoms with Crippen molar-refractivity contribution in [3.8, 4) is 44.8 Å². The number of fused-ring (bicyclic) bond motifs is 9. The Balaban J connectivity index is 1.15. The van der Waals surface area contributed by atoms with E-state index in [0.717, 1.165) is 69.9 Å². The van der Waals surface area contributed by atoms with Gasteiger partial charge in [0.05, 0.1) is 37.3 Å². The number of thiophene rings is 1. The number of hydrogen-bond donors (Lipinski definition) is 0. The van der Waals surface area contributed by atoms with Crippen molar-refractivity contribution in [3.63, 3.8) is 0 Å². The molecule has 0 radical (unpaired) electrons. The van der Waals surface area contributed by atoms with Gasteiger partial charge in [-0.15, -0.1) is 11.3 Å². The molecule has 0 amide bonds. The van der Waals surface area contributed by atoms with Crippen molar-refractivity contribution >= 4 is 75.1 Å². The normalized spacial score (nSPS) is 13.6. The summed E-state index contributed by atoms with van der Waals surface area (Å²) >= 11 is 1.66. The molecule has 0 aliphatic carbocycles. The molecule has 0 saturated heterocycles. The summed E-state index contributed by atoms with van der Waals surface area (Å²) in [5, 5.41) is 4.27. The Kier molecular flexibility index (Phi) is 5.74. The first-order valence-electron chi connectivity index (χ1n) is 22.4. The predicted octanol–water partition coefficient (Wildman–Crippen LogP) is 15.2. The van der Waals surface area contributed by atoms with Crippen molar-refractivity contribution in [2.24, 2.45) is 0 Å². The SMILES string of the molecule is [2H]c1c([2H])c([2H])c2c(c1[2H])c1c([2H])c(-c3ccc4c(c3)c3ccc(-c5ccccc5)cc3n4-c3ccccc3-c3ccccc3)c([2H])c([2H])c1n2-c1ccc2sc3ccccc3c2c1. The van der Waals surface area contributed by atoms with E-state index >= 15 is 0 Å². The first-order valence-corrected chi connectivity index (χ1v) is 19.8. The highest BCUT2D eigenvalue weighted by atomic mass is 32.1. The van der Waals surface area contributed by atoms with Crippen LogP contribution in [0.3, 0.4) is 0 Å². The monoisotopic (exact) mass is 749 g/mol. The molecular formula is C54H34N2S. The highest BCUT2D eigenvalue weighted by Crippen LogP contribution is 2.42. The molecule has 12 rings (SSSR count). The van der Waals surface area contributed by atoms with Gasteiger partial charge in [-0.25, -0.2) is 0 Å². The van der Waals surface area contributed by atoms with Gasteiger partial charge in [-0.1, -0.05) is 139 Å². The predicted molar refractivity (Wildman–Crippen MR) is 244 cm³/mol. The second-order valence-corrected chi connectivity index (χ2v) is 15.4. The molecule has 3 heterocycles. The van der Waals surface area contributed by atoms with Crippen molar-refractivity contribution in [1.82, 2.24) is 9.13 Å². The average Bonchev–Trinajstić information content (AvgIpc) is 4.00. The Bertz CT molecular complexity index is 3930. The first kappa shape index (κ1) is 25.8. The molecule has 0 fully saturated rings. The molecule has 0 spiro atoms. The summed E-state index contributed by atoms with van der Waals surface area (Å²) in [5.41, 5.74) is 8.95. The van der Waals surface area contributed by atoms with E-state index in [9.17, 15) is 6.85 Å². The average molecular weight is 750 g/mol. The third-order valence-electron chi connectivity index (χ3n) is 11.2.